The summed E-state index contributed by atoms with van der Waals surface area (Å²) in [7, 11) is 0. The molecule has 8 aliphatic heterocycles. The van der Waals surface area contributed by atoms with Crippen LogP contribution in [0.4, 0.5) is 0 Å². The lowest BCUT2D eigenvalue weighted by Crippen LogP contribution is -2.64. The Morgan fingerprint density at radius 3 is 1.96 bits per heavy atom. The highest BCUT2D eigenvalue weighted by atomic mass is 35.5. The lowest BCUT2D eigenvalue weighted by atomic mass is 9.84. The predicted molar refractivity (Wildman–Crippen MR) is 436 cm³/mol. The van der Waals surface area contributed by atoms with Crippen LogP contribution in [0.2, 0.25) is 10.0 Å². The van der Waals surface area contributed by atoms with Gasteiger partial charge in [0.2, 0.25) is 41.6 Å². The number of para-hydroxylation sites is 1. The van der Waals surface area contributed by atoms with Gasteiger partial charge < -0.3 is 137 Å². The minimum atomic E-state index is -2.32. The van der Waals surface area contributed by atoms with Crippen molar-refractivity contribution in [3.8, 4) is 62.9 Å². The second-order valence-electron chi connectivity index (χ2n) is 32.2. The molecule has 5 amide bonds. The number of carboxylic acids is 1. The van der Waals surface area contributed by atoms with E-state index in [4.69, 9.17) is 77.3 Å². The molecular weight excluding hydrogens is 1650 g/mol. The maximum absolute atomic E-state index is 16.5. The Balaban J connectivity index is 0.0000147. The normalized spacial score (nSPS) is 30.1. The molecule has 3 fully saturated rings. The molecule has 8 heterocycles. The molecule has 0 radical (unpaired) electrons. The monoisotopic (exact) mass is 1750 g/mol. The summed E-state index contributed by atoms with van der Waals surface area (Å²) < 4.78 is 57.2. The van der Waals surface area contributed by atoms with Gasteiger partial charge in [-0.05, 0) is 141 Å². The SMILES string of the molecule is C.CC[C@H](CC(C)C)C(=O)N[C@H]1C(=O)C[C@@H](CC(N)=O)C(=O)N[C@H]2C(=O)C[C@H]3C(=O)N[C@H](C(=O)N[C@@H](C(=O)O)c4cc(O)cc(O)c4-c4cc3ccc4O)[C@H](OC3C[C@](C)(N)[C@@H](O)[C@H](C)O3)c3ccc(c(Cl)c3)Oc3cc2cc(c3O[C@@H]2O[C@H](CO)[C@@H](O[C@@H]3O[C@H](CCCCCOc4ccccc4)[C@H](O)[C@H](O)[C@H]3O)[C@H](O)[C@H]2O)Oc2ccc(cc2Cl)[C@H]1O. The summed E-state index contributed by atoms with van der Waals surface area (Å²) in [5.74, 6) is -19.0. The van der Waals surface area contributed by atoms with Crippen molar-refractivity contribution in [2.45, 2.75) is 234 Å². The number of Topliss-reactive ketones (excluding diaryl/α,β-unsaturated/α-hetero) is 2. The van der Waals surface area contributed by atoms with Gasteiger partial charge >= 0.3 is 5.97 Å². The van der Waals surface area contributed by atoms with Crippen LogP contribution < -0.4 is 51.7 Å². The number of aliphatic hydroxyl groups is 8. The quantitative estimate of drug-likeness (QED) is 0.0366. The molecule has 0 aromatic heterocycles. The fourth-order valence-electron chi connectivity index (χ4n) is 16.1. The summed E-state index contributed by atoms with van der Waals surface area (Å²) in [6, 6.07) is 14.7. The van der Waals surface area contributed by atoms with Gasteiger partial charge in [-0.2, -0.15) is 0 Å². The Labute approximate surface area is 716 Å². The number of primary amides is 1. The van der Waals surface area contributed by atoms with Crippen molar-refractivity contribution >= 4 is 70.3 Å². The first-order valence-electron chi connectivity index (χ1n) is 40.0. The second-order valence-corrected chi connectivity index (χ2v) is 33.0. The van der Waals surface area contributed by atoms with E-state index in [0.29, 0.717) is 38.0 Å². The highest BCUT2D eigenvalue weighted by Crippen LogP contribution is 2.51. The average Bonchev–Trinajstić information content (AvgIpc) is 0.761. The molecular formula is C86H104Cl2N6O29. The number of aromatic hydroxyl groups is 3. The molecule has 6 aromatic carbocycles. The number of nitrogens with two attached hydrogens (primary N) is 2. The fraction of sp³-hybridized carbons (Fsp3) is 0.488. The first-order valence-corrected chi connectivity index (χ1v) is 40.8. The predicted octanol–water partition coefficient (Wildman–Crippen LogP) is 5.63. The number of aliphatic carboxylic acids is 1. The molecule has 37 heteroatoms. The van der Waals surface area contributed by atoms with Crippen LogP contribution in [0.25, 0.3) is 11.1 Å². The van der Waals surface area contributed by atoms with E-state index in [2.05, 4.69) is 21.3 Å². The highest BCUT2D eigenvalue weighted by Gasteiger charge is 2.53. The fourth-order valence-corrected chi connectivity index (χ4v) is 16.6. The summed E-state index contributed by atoms with van der Waals surface area (Å²) in [4.78, 5) is 121. The number of unbranched alkanes of at least 4 members (excludes halogenated alkanes) is 2. The van der Waals surface area contributed by atoms with E-state index in [1.165, 1.54) is 44.2 Å². The number of aliphatic hydroxyl groups excluding tert-OH is 8. The third kappa shape index (κ3) is 21.2. The van der Waals surface area contributed by atoms with Crippen LogP contribution in [0.15, 0.2) is 109 Å². The largest absolute Gasteiger partial charge is 0.508 e. The number of nitrogens with one attached hydrogen (secondary N) is 4. The number of benzene rings is 6. The number of amides is 5. The molecule has 666 valence electrons. The molecule has 20 N–H and O–H groups in total. The first-order chi connectivity index (χ1) is 57.9. The standard InChI is InChI=1S/C85H100Cl2N6O29.CH4/c1-6-38(23-36(2)3)78(108)92-66-53(98)27-43(30-61(88)100)79(109)90-64-42-28-58(116-55-20-17-40(68(66)101)25-49(55)86)75(121-84-73(106)71(104)76(60(35-94)119-84)122-83-72(105)70(103)69(102)57(118-83)15-11-8-12-22-114-45-13-9-7-10-14-45)59(29-42)117-56-21-18-41(26-50(56)87)74(120-62-34-85(5,89)77(107)37(4)115-62)67-81(111)91-65(82(112)113)48-31-44(95)32-52(97)63(48)47-24-39(16-19-51(47)96)46(33-54(64)99)80(110)93-67;/h7,9-10,13-14,16-21,24-26,28-29,31-32,36-38,43,46,57,60,62,64-74,76-77,83-84,94-97,101-107H,6,8,11-12,15,22-23,27,30,33-35,89H2,1-5H3,(H2,88,100)(H,90,109)(H,91,111)(H,92,108)(H,93,110)(H,112,113);1H4/t37-,38+,43-,46+,57+,60+,62?,64+,65+,66-,67-,68+,69-,70-,71+,72+,73+,74+,76+,77-,83-,84-,85-;/m0./s1. The van der Waals surface area contributed by atoms with Crippen molar-refractivity contribution in [1.29, 1.82) is 0 Å². The van der Waals surface area contributed by atoms with Crippen molar-refractivity contribution in [1.82, 2.24) is 21.3 Å². The topological polar surface area (TPSA) is 563 Å². The zero-order chi connectivity index (χ0) is 88.2. The number of rotatable bonds is 22. The molecule has 14 rings (SSSR count). The maximum atomic E-state index is 16.5. The van der Waals surface area contributed by atoms with Crippen LogP contribution in [-0.4, -0.2) is 219 Å². The zero-order valence-electron chi connectivity index (χ0n) is 66.9. The smallest absolute Gasteiger partial charge is 0.330 e. The maximum Gasteiger partial charge on any atom is 0.330 e. The molecule has 123 heavy (non-hydrogen) atoms. The molecule has 23 atom stereocenters. The second kappa shape index (κ2) is 40.0. The number of ketones is 2. The number of carbonyl (C=O) groups excluding carboxylic acids is 7. The summed E-state index contributed by atoms with van der Waals surface area (Å²) in [5.41, 5.74) is 8.55. The van der Waals surface area contributed by atoms with E-state index in [-0.39, 0.29) is 60.1 Å². The van der Waals surface area contributed by atoms with Gasteiger partial charge in [0.15, 0.2) is 41.7 Å². The minimum absolute atomic E-state index is 0. The Morgan fingerprint density at radius 1 is 0.675 bits per heavy atom. The molecule has 8 aliphatic rings. The van der Waals surface area contributed by atoms with Gasteiger partial charge in [-0.25, -0.2) is 4.79 Å². The molecule has 1 unspecified atom stereocenters. The van der Waals surface area contributed by atoms with E-state index in [9.17, 15) is 75.7 Å². The first kappa shape index (κ1) is 93.8. The molecule has 3 saturated heterocycles. The number of phenolic OH excluding ortho intramolecular Hbond substituents is 3. The van der Waals surface area contributed by atoms with Crippen LogP contribution in [0, 0.1) is 17.8 Å². The summed E-state index contributed by atoms with van der Waals surface area (Å²) in [5, 5.41) is 149. The minimum Gasteiger partial charge on any atom is -0.508 e. The average molecular weight is 1760 g/mol. The molecule has 35 nitrogen and oxygen atoms in total. The Kier molecular flexibility index (Phi) is 30.5. The van der Waals surface area contributed by atoms with Gasteiger partial charge in [0.05, 0.1) is 53.4 Å². The van der Waals surface area contributed by atoms with Crippen molar-refractivity contribution in [2.75, 3.05) is 13.2 Å². The van der Waals surface area contributed by atoms with E-state index in [0.717, 1.165) is 48.5 Å². The summed E-state index contributed by atoms with van der Waals surface area (Å²) >= 11 is 14.5. The van der Waals surface area contributed by atoms with Crippen LogP contribution in [0.5, 0.6) is 51.7 Å². The number of halogens is 2. The molecule has 6 aromatic rings. The van der Waals surface area contributed by atoms with Crippen molar-refractivity contribution < 1.29 is 142 Å². The van der Waals surface area contributed by atoms with Crippen LogP contribution in [0.3, 0.4) is 0 Å². The third-order valence-electron chi connectivity index (χ3n) is 22.7. The lowest BCUT2D eigenvalue weighted by molar-refractivity contribution is -0.351. The van der Waals surface area contributed by atoms with Gasteiger partial charge in [-0.1, -0.05) is 94.2 Å². The van der Waals surface area contributed by atoms with E-state index in [1.54, 1.807) is 19.1 Å². The molecule has 0 saturated carbocycles. The van der Waals surface area contributed by atoms with Gasteiger partial charge in [-0.3, -0.25) is 33.6 Å². The van der Waals surface area contributed by atoms with Gasteiger partial charge in [0, 0.05) is 59.9 Å². The number of hydrogen-bond acceptors (Lipinski definition) is 29. The van der Waals surface area contributed by atoms with Crippen LogP contribution in [0.1, 0.15) is 164 Å². The van der Waals surface area contributed by atoms with Gasteiger partial charge in [0.25, 0.3) is 0 Å². The molecule has 11 bridgehead atoms. The number of hydrogen-bond donors (Lipinski definition) is 18. The summed E-state index contributed by atoms with van der Waals surface area (Å²) in [6.07, 6.45) is -28.1. The number of ether oxygens (including phenoxy) is 9. The number of fused-ring (bicyclic) bond motifs is 15. The van der Waals surface area contributed by atoms with Crippen molar-refractivity contribution in [3.05, 3.63) is 147 Å². The van der Waals surface area contributed by atoms with Gasteiger partial charge in [0.1, 0.15) is 108 Å². The number of carboxylic acid groups (broad SMARTS) is 1. The number of phenols is 3. The van der Waals surface area contributed by atoms with Crippen LogP contribution in [-0.2, 0) is 62.0 Å². The lowest BCUT2D eigenvalue weighted by Gasteiger charge is -2.46. The van der Waals surface area contributed by atoms with Crippen molar-refractivity contribution in [2.24, 2.45) is 29.2 Å². The highest BCUT2D eigenvalue weighted by molar-refractivity contribution is 6.32. The van der Waals surface area contributed by atoms with Crippen molar-refractivity contribution in [3.63, 3.8) is 0 Å². The third-order valence-corrected chi connectivity index (χ3v) is 23.3. The van der Waals surface area contributed by atoms with E-state index in [1.807, 2.05) is 32.0 Å². The molecule has 0 aliphatic carbocycles. The number of carbonyl (C=O) groups is 8. The Hall–Kier alpha value is -9.90. The Morgan fingerprint density at radius 2 is 1.33 bits per heavy atom. The van der Waals surface area contributed by atoms with Crippen LogP contribution >= 0.6 is 23.2 Å². The zero-order valence-corrected chi connectivity index (χ0v) is 68.4. The van der Waals surface area contributed by atoms with E-state index >= 15 is 24.0 Å². The summed E-state index contributed by atoms with van der Waals surface area (Å²) in [6.45, 7) is 7.70. The Bertz CT molecular complexity index is 4850. The molecule has 0 spiro atoms. The van der Waals surface area contributed by atoms with Gasteiger partial charge in [-0.15, -0.1) is 0 Å². The van der Waals surface area contributed by atoms with E-state index < -0.39 is 280 Å².